The Morgan fingerprint density at radius 1 is 0.942 bits per heavy atom. The summed E-state index contributed by atoms with van der Waals surface area (Å²) in [6.45, 7) is 6.17. The van der Waals surface area contributed by atoms with Crippen molar-refractivity contribution in [2.24, 2.45) is 17.6 Å². The van der Waals surface area contributed by atoms with E-state index in [1.54, 1.807) is 33.7 Å². The Kier molecular flexibility index (Phi) is 16.3. The van der Waals surface area contributed by atoms with Crippen LogP contribution in [0.5, 0.6) is 0 Å². The number of aryl methyl sites for hydroxylation is 1. The number of imidazole rings is 1. The van der Waals surface area contributed by atoms with Crippen LogP contribution in [0.3, 0.4) is 0 Å². The van der Waals surface area contributed by atoms with E-state index >= 15 is 0 Å². The summed E-state index contributed by atoms with van der Waals surface area (Å²) in [7, 11) is 0. The number of anilines is 1. The minimum Gasteiger partial charge on any atom is -0.445 e. The number of Topliss-reactive ketones (excluding diaryl/α,β-unsaturated/α-hetero) is 1. The molecule has 0 spiro atoms. The molecule has 5 aromatic rings. The monoisotopic (exact) mass is 942 g/mol. The van der Waals surface area contributed by atoms with Crippen molar-refractivity contribution in [2.75, 3.05) is 18.4 Å². The molecule has 20 nitrogen and oxygen atoms in total. The lowest BCUT2D eigenvalue weighted by Gasteiger charge is -2.24. The molecule has 20 heteroatoms. The highest BCUT2D eigenvalue weighted by Crippen LogP contribution is 2.33. The first kappa shape index (κ1) is 49.1. The van der Waals surface area contributed by atoms with E-state index in [-0.39, 0.29) is 81.0 Å². The summed E-state index contributed by atoms with van der Waals surface area (Å²) in [5, 5.41) is 12.5. The maximum atomic E-state index is 13.8. The normalized spacial score (nSPS) is 14.2. The first-order chi connectivity index (χ1) is 33.2. The molecule has 0 bridgehead atoms. The van der Waals surface area contributed by atoms with E-state index in [1.807, 2.05) is 57.3 Å². The van der Waals surface area contributed by atoms with Crippen LogP contribution in [-0.2, 0) is 41.9 Å². The number of imide groups is 1. The second-order valence-corrected chi connectivity index (χ2v) is 17.7. The number of pyridine rings is 2. The summed E-state index contributed by atoms with van der Waals surface area (Å²) in [5.74, 6) is -2.22. The maximum Gasteiger partial charge on any atom is 0.410 e. The van der Waals surface area contributed by atoms with Gasteiger partial charge in [0.25, 0.3) is 11.8 Å². The molecule has 7 rings (SSSR count). The van der Waals surface area contributed by atoms with Gasteiger partial charge >= 0.3 is 12.1 Å². The molecule has 7 amide bonds. The number of benzene rings is 1. The first-order valence-electron chi connectivity index (χ1n) is 23.3. The topological polar surface area (TPSA) is 269 Å². The number of unbranched alkanes of at least 4 members (excludes halogenated alkanes) is 2. The molecule has 362 valence electrons. The SMILES string of the molecule is Cc1cccc(-c2[nH]c(CN(C(=O)OCc3ccc(NC(=O)[C@H](CCCNC(N)=O)CC(=O)[C@@H](NC(=O)CCCCCN4C(=O)C=CC4=O)C(C)C)cc3)C3CC3)nc2-c2ccc3ncnn3c2)n1. The summed E-state index contributed by atoms with van der Waals surface area (Å²) in [4.78, 5) is 109. The number of ketones is 1. The predicted molar refractivity (Wildman–Crippen MR) is 253 cm³/mol. The third-order valence-corrected chi connectivity index (χ3v) is 11.9. The standard InChI is InChI=1S/C49H58N12O8/c1-30(2)44(58-41(63)12-5-4-6-24-59-42(64)21-22-43(59)65)38(62)25-33(10-8-23-51-48(50)67)47(66)55-35-16-13-32(14-17-35)28-69-49(68)60(36-18-19-36)27-39-56-45(34-15-20-40-52-29-53-61(40)26-34)46(57-39)37-11-7-9-31(3)54-37/h7,9,11,13-17,20-22,26,29-30,33,36,44H,4-6,8,10,12,18-19,23-25,27-28H2,1-3H3,(H,55,66)(H,56,57)(H,58,63)(H3,50,51,67)/t33-,44+/m1/s1. The van der Waals surface area contributed by atoms with E-state index in [1.165, 1.54) is 18.5 Å². The Balaban J connectivity index is 0.936. The number of nitrogens with zero attached hydrogens (tertiary/aromatic N) is 7. The van der Waals surface area contributed by atoms with E-state index < -0.39 is 30.0 Å². The zero-order valence-electron chi connectivity index (χ0n) is 39.0. The van der Waals surface area contributed by atoms with Crippen molar-refractivity contribution >= 4 is 52.9 Å². The van der Waals surface area contributed by atoms with Crippen LogP contribution in [0.2, 0.25) is 0 Å². The van der Waals surface area contributed by atoms with E-state index in [0.717, 1.165) is 29.0 Å². The van der Waals surface area contributed by atoms with Crippen molar-refractivity contribution in [1.82, 2.24) is 50.0 Å². The summed E-state index contributed by atoms with van der Waals surface area (Å²) >= 11 is 0. The fourth-order valence-electron chi connectivity index (χ4n) is 8.08. The summed E-state index contributed by atoms with van der Waals surface area (Å²) < 4.78 is 7.50. The van der Waals surface area contributed by atoms with Gasteiger partial charge in [0.2, 0.25) is 11.8 Å². The molecule has 6 N–H and O–H groups in total. The van der Waals surface area contributed by atoms with Crippen LogP contribution in [-0.4, -0.2) is 106 Å². The molecule has 4 aromatic heterocycles. The number of carbonyl (C=O) groups excluding carboxylic acids is 7. The van der Waals surface area contributed by atoms with Gasteiger partial charge in [-0.25, -0.2) is 24.1 Å². The van der Waals surface area contributed by atoms with Crippen molar-refractivity contribution in [3.05, 3.63) is 96.4 Å². The Bertz CT molecular complexity index is 2690. The van der Waals surface area contributed by atoms with Gasteiger partial charge in [-0.2, -0.15) is 5.10 Å². The Hall–Kier alpha value is -7.77. The van der Waals surface area contributed by atoms with Gasteiger partial charge in [-0.15, -0.1) is 0 Å². The molecule has 1 fully saturated rings. The largest absolute Gasteiger partial charge is 0.445 e. The second kappa shape index (κ2) is 22.8. The number of aromatic nitrogens is 6. The number of carbonyl (C=O) groups is 7. The average Bonchev–Trinajstić information content (AvgIpc) is 3.75. The van der Waals surface area contributed by atoms with Crippen molar-refractivity contribution in [3.8, 4) is 22.6 Å². The van der Waals surface area contributed by atoms with Gasteiger partial charge < -0.3 is 31.4 Å². The number of primary amides is 1. The number of ether oxygens (including phenoxy) is 1. The molecule has 0 unspecified atom stereocenters. The Morgan fingerprint density at radius 3 is 2.42 bits per heavy atom. The van der Waals surface area contributed by atoms with E-state index in [9.17, 15) is 33.6 Å². The number of nitrogens with two attached hydrogens (primary N) is 1. The third kappa shape index (κ3) is 13.4. The Labute approximate surface area is 398 Å². The number of fused-ring (bicyclic) bond motifs is 1. The number of hydrogen-bond donors (Lipinski definition) is 5. The van der Waals surface area contributed by atoms with Crippen molar-refractivity contribution < 1.29 is 38.3 Å². The molecule has 1 aliphatic carbocycles. The van der Waals surface area contributed by atoms with Crippen LogP contribution >= 0.6 is 0 Å². The summed E-state index contributed by atoms with van der Waals surface area (Å²) in [6, 6.07) is 14.8. The van der Waals surface area contributed by atoms with Crippen LogP contribution < -0.4 is 21.7 Å². The van der Waals surface area contributed by atoms with Crippen LogP contribution in [0.4, 0.5) is 15.3 Å². The maximum absolute atomic E-state index is 13.8. The number of H-pyrrole nitrogens is 1. The lowest BCUT2D eigenvalue weighted by molar-refractivity contribution is -0.137. The van der Waals surface area contributed by atoms with Crippen LogP contribution in [0.25, 0.3) is 28.3 Å². The van der Waals surface area contributed by atoms with Crippen molar-refractivity contribution in [3.63, 3.8) is 0 Å². The molecule has 2 atom stereocenters. The first-order valence-corrected chi connectivity index (χ1v) is 23.3. The molecular weight excluding hydrogens is 885 g/mol. The third-order valence-electron chi connectivity index (χ3n) is 11.9. The van der Waals surface area contributed by atoms with E-state index in [4.69, 9.17) is 20.4 Å². The highest BCUT2D eigenvalue weighted by atomic mass is 16.6. The predicted octanol–water partition coefficient (Wildman–Crippen LogP) is 5.38. The lowest BCUT2D eigenvalue weighted by Crippen LogP contribution is -2.45. The average molecular weight is 943 g/mol. The summed E-state index contributed by atoms with van der Waals surface area (Å²) in [5.41, 5.74) is 10.8. The number of urea groups is 1. The number of aromatic amines is 1. The molecule has 1 saturated carbocycles. The fraction of sp³-hybridized carbons (Fsp3) is 0.408. The summed E-state index contributed by atoms with van der Waals surface area (Å²) in [6.07, 6.45) is 9.23. The van der Waals surface area contributed by atoms with Crippen LogP contribution in [0.1, 0.15) is 88.7 Å². The molecule has 0 saturated heterocycles. The van der Waals surface area contributed by atoms with Crippen LogP contribution in [0.15, 0.2) is 79.3 Å². The Morgan fingerprint density at radius 2 is 1.71 bits per heavy atom. The van der Waals surface area contributed by atoms with Gasteiger partial charge in [-0.1, -0.05) is 38.5 Å². The molecule has 1 aromatic carbocycles. The minimum atomic E-state index is -0.841. The molecule has 0 radical (unpaired) electrons. The van der Waals surface area contributed by atoms with Gasteiger partial charge in [0, 0.05) is 73.2 Å². The van der Waals surface area contributed by atoms with Gasteiger partial charge in [-0.3, -0.25) is 38.8 Å². The molecule has 5 heterocycles. The number of rotatable bonds is 24. The van der Waals surface area contributed by atoms with Crippen molar-refractivity contribution in [2.45, 2.75) is 104 Å². The van der Waals surface area contributed by atoms with Gasteiger partial charge in [0.1, 0.15) is 18.8 Å². The highest BCUT2D eigenvalue weighted by Gasteiger charge is 2.35. The van der Waals surface area contributed by atoms with Crippen molar-refractivity contribution in [1.29, 1.82) is 0 Å². The zero-order valence-corrected chi connectivity index (χ0v) is 39.0. The number of amides is 7. The zero-order chi connectivity index (χ0) is 49.0. The second-order valence-electron chi connectivity index (χ2n) is 17.7. The number of hydrogen-bond acceptors (Lipinski definition) is 12. The van der Waals surface area contributed by atoms with Gasteiger partial charge in [0.05, 0.1) is 29.7 Å². The fourth-order valence-corrected chi connectivity index (χ4v) is 8.08. The molecule has 69 heavy (non-hydrogen) atoms. The van der Waals surface area contributed by atoms with Gasteiger partial charge in [0.15, 0.2) is 11.4 Å². The molecular formula is C49H58N12O8. The minimum absolute atomic E-state index is 0.00316. The van der Waals surface area contributed by atoms with E-state index in [0.29, 0.717) is 65.5 Å². The lowest BCUT2D eigenvalue weighted by atomic mass is 9.89. The van der Waals surface area contributed by atoms with Gasteiger partial charge in [-0.05, 0) is 93.3 Å². The molecule has 1 aliphatic heterocycles. The van der Waals surface area contributed by atoms with Crippen LogP contribution in [0, 0.1) is 18.8 Å². The smallest absolute Gasteiger partial charge is 0.410 e. The van der Waals surface area contributed by atoms with E-state index in [2.05, 4.69) is 31.0 Å². The molecule has 2 aliphatic rings. The number of nitrogens with one attached hydrogen (secondary N) is 4. The highest BCUT2D eigenvalue weighted by molar-refractivity contribution is 6.12. The quantitative estimate of drug-likeness (QED) is 0.0386.